The van der Waals surface area contributed by atoms with Crippen molar-refractivity contribution in [3.8, 4) is 0 Å². The largest absolute Gasteiger partial charge is 0.387 e. The molecule has 2 aromatic rings. The molecule has 3 N–H and O–H groups in total. The van der Waals surface area contributed by atoms with E-state index >= 15 is 0 Å². The van der Waals surface area contributed by atoms with Crippen LogP contribution in [0.4, 0.5) is 16.2 Å². The van der Waals surface area contributed by atoms with Gasteiger partial charge in [0, 0.05) is 31.0 Å². The molecule has 0 aliphatic carbocycles. The fraction of sp³-hybridized carbons (Fsp3) is 0.350. The maximum atomic E-state index is 11.9. The Labute approximate surface area is 153 Å². The minimum atomic E-state index is -0.752. The molecule has 3 rings (SSSR count). The molecule has 1 heterocycles. The molecular weight excluding hydrogens is 330 g/mol. The number of nitrogens with one attached hydrogen (secondary N) is 2. The van der Waals surface area contributed by atoms with Crippen molar-refractivity contribution in [1.82, 2.24) is 5.32 Å². The van der Waals surface area contributed by atoms with Gasteiger partial charge in [0.25, 0.3) is 0 Å². The van der Waals surface area contributed by atoms with Gasteiger partial charge in [0.1, 0.15) is 0 Å². The van der Waals surface area contributed by atoms with E-state index in [4.69, 9.17) is 4.74 Å². The Balaban J connectivity index is 1.48. The summed E-state index contributed by atoms with van der Waals surface area (Å²) in [5.74, 6) is 0. The topological polar surface area (TPSA) is 73.8 Å². The van der Waals surface area contributed by atoms with Gasteiger partial charge in [-0.3, -0.25) is 0 Å². The van der Waals surface area contributed by atoms with Crippen molar-refractivity contribution < 1.29 is 14.6 Å². The third-order valence-electron chi connectivity index (χ3n) is 4.42. The summed E-state index contributed by atoms with van der Waals surface area (Å²) < 4.78 is 5.36. The van der Waals surface area contributed by atoms with Crippen molar-refractivity contribution in [1.29, 1.82) is 0 Å². The van der Waals surface area contributed by atoms with Crippen LogP contribution in [-0.4, -0.2) is 44.0 Å². The summed E-state index contributed by atoms with van der Waals surface area (Å²) in [4.78, 5) is 14.2. The van der Waals surface area contributed by atoms with E-state index in [0.29, 0.717) is 0 Å². The van der Waals surface area contributed by atoms with Crippen LogP contribution in [0, 0.1) is 6.92 Å². The van der Waals surface area contributed by atoms with Crippen molar-refractivity contribution in [2.45, 2.75) is 13.0 Å². The predicted molar refractivity (Wildman–Crippen MR) is 103 cm³/mol. The number of hydrogen-bond acceptors (Lipinski definition) is 4. The molecule has 1 saturated heterocycles. The monoisotopic (exact) mass is 355 g/mol. The molecule has 1 fully saturated rings. The number of aliphatic hydroxyl groups is 1. The summed E-state index contributed by atoms with van der Waals surface area (Å²) in [7, 11) is 0. The van der Waals surface area contributed by atoms with Gasteiger partial charge < -0.3 is 25.4 Å². The van der Waals surface area contributed by atoms with Gasteiger partial charge in [-0.1, -0.05) is 29.8 Å². The molecule has 1 aliphatic rings. The Morgan fingerprint density at radius 2 is 1.77 bits per heavy atom. The Hall–Kier alpha value is -2.57. The summed E-state index contributed by atoms with van der Waals surface area (Å²) in [5, 5.41) is 15.7. The molecule has 1 unspecified atom stereocenters. The lowest BCUT2D eigenvalue weighted by Crippen LogP contribution is -2.36. The highest BCUT2D eigenvalue weighted by Gasteiger charge is 2.13. The Morgan fingerprint density at radius 3 is 2.42 bits per heavy atom. The van der Waals surface area contributed by atoms with E-state index < -0.39 is 6.10 Å². The van der Waals surface area contributed by atoms with Crippen LogP contribution in [0.1, 0.15) is 17.2 Å². The minimum Gasteiger partial charge on any atom is -0.387 e. The zero-order valence-electron chi connectivity index (χ0n) is 14.9. The molecule has 0 aromatic heterocycles. The van der Waals surface area contributed by atoms with Crippen LogP contribution in [-0.2, 0) is 4.74 Å². The first-order valence-corrected chi connectivity index (χ1v) is 8.84. The molecule has 2 aromatic carbocycles. The number of hydrogen-bond donors (Lipinski definition) is 3. The van der Waals surface area contributed by atoms with Gasteiger partial charge in [-0.25, -0.2) is 4.79 Å². The van der Waals surface area contributed by atoms with Gasteiger partial charge in [0.05, 0.1) is 19.3 Å². The fourth-order valence-electron chi connectivity index (χ4n) is 2.85. The quantitative estimate of drug-likeness (QED) is 0.771. The van der Waals surface area contributed by atoms with E-state index in [1.165, 1.54) is 0 Å². The molecule has 1 aliphatic heterocycles. The maximum absolute atomic E-state index is 11.9. The summed E-state index contributed by atoms with van der Waals surface area (Å²) in [6, 6.07) is 15.0. The average molecular weight is 355 g/mol. The van der Waals surface area contributed by atoms with Crippen molar-refractivity contribution in [2.24, 2.45) is 0 Å². The van der Waals surface area contributed by atoms with Crippen LogP contribution >= 0.6 is 0 Å². The standard InChI is InChI=1S/C20H25N3O3/c1-15-2-6-17(7-3-15)22-20(25)21-14-19(24)16-4-8-18(9-5-16)23-10-12-26-13-11-23/h2-9,19,24H,10-14H2,1H3,(H2,21,22,25). The highest BCUT2D eigenvalue weighted by atomic mass is 16.5. The fourth-order valence-corrected chi connectivity index (χ4v) is 2.85. The lowest BCUT2D eigenvalue weighted by Gasteiger charge is -2.29. The molecule has 0 radical (unpaired) electrons. The lowest BCUT2D eigenvalue weighted by molar-refractivity contribution is 0.122. The van der Waals surface area contributed by atoms with Gasteiger partial charge >= 0.3 is 6.03 Å². The number of nitrogens with zero attached hydrogens (tertiary/aromatic N) is 1. The number of ether oxygens (including phenoxy) is 1. The zero-order chi connectivity index (χ0) is 18.4. The van der Waals surface area contributed by atoms with E-state index in [0.717, 1.165) is 48.8 Å². The number of benzene rings is 2. The summed E-state index contributed by atoms with van der Waals surface area (Å²) in [5.41, 5.74) is 3.75. The van der Waals surface area contributed by atoms with Crippen molar-refractivity contribution in [3.63, 3.8) is 0 Å². The van der Waals surface area contributed by atoms with Crippen LogP contribution < -0.4 is 15.5 Å². The minimum absolute atomic E-state index is 0.147. The SMILES string of the molecule is Cc1ccc(NC(=O)NCC(O)c2ccc(N3CCOCC3)cc2)cc1. The van der Waals surface area contributed by atoms with E-state index in [1.807, 2.05) is 55.5 Å². The van der Waals surface area contributed by atoms with Crippen LogP contribution in [0.25, 0.3) is 0 Å². The lowest BCUT2D eigenvalue weighted by atomic mass is 10.1. The summed E-state index contributed by atoms with van der Waals surface area (Å²) >= 11 is 0. The Kier molecular flexibility index (Phi) is 6.09. The number of amides is 2. The maximum Gasteiger partial charge on any atom is 0.319 e. The van der Waals surface area contributed by atoms with Crippen molar-refractivity contribution >= 4 is 17.4 Å². The van der Waals surface area contributed by atoms with Crippen molar-refractivity contribution in [3.05, 3.63) is 59.7 Å². The summed E-state index contributed by atoms with van der Waals surface area (Å²) in [6.07, 6.45) is -0.752. The van der Waals surface area contributed by atoms with Gasteiger partial charge in [-0.05, 0) is 36.8 Å². The van der Waals surface area contributed by atoms with Crippen LogP contribution in [0.5, 0.6) is 0 Å². The number of morpholine rings is 1. The second-order valence-corrected chi connectivity index (χ2v) is 6.41. The highest BCUT2D eigenvalue weighted by Crippen LogP contribution is 2.20. The second-order valence-electron chi connectivity index (χ2n) is 6.41. The molecule has 0 saturated carbocycles. The third-order valence-corrected chi connectivity index (χ3v) is 4.42. The number of carbonyl (C=O) groups is 1. The first kappa shape index (κ1) is 18.2. The zero-order valence-corrected chi connectivity index (χ0v) is 14.9. The molecular formula is C20H25N3O3. The molecule has 138 valence electrons. The van der Waals surface area contributed by atoms with Gasteiger partial charge in [-0.15, -0.1) is 0 Å². The number of rotatable bonds is 5. The predicted octanol–water partition coefficient (Wildman–Crippen LogP) is 2.69. The van der Waals surface area contributed by atoms with Crippen LogP contribution in [0.3, 0.4) is 0 Å². The average Bonchev–Trinajstić information content (AvgIpc) is 2.69. The van der Waals surface area contributed by atoms with Gasteiger partial charge in [-0.2, -0.15) is 0 Å². The first-order valence-electron chi connectivity index (χ1n) is 8.84. The van der Waals surface area contributed by atoms with Gasteiger partial charge in [0.15, 0.2) is 0 Å². The number of urea groups is 1. The number of aryl methyl sites for hydroxylation is 1. The number of carbonyl (C=O) groups excluding carboxylic acids is 1. The molecule has 6 nitrogen and oxygen atoms in total. The normalized spacial score (nSPS) is 15.4. The van der Waals surface area contributed by atoms with E-state index in [1.54, 1.807) is 0 Å². The van der Waals surface area contributed by atoms with Crippen molar-refractivity contribution in [2.75, 3.05) is 43.1 Å². The summed E-state index contributed by atoms with van der Waals surface area (Å²) in [6.45, 7) is 5.37. The van der Waals surface area contributed by atoms with Crippen LogP contribution in [0.15, 0.2) is 48.5 Å². The second kappa shape index (κ2) is 8.69. The number of aliphatic hydroxyl groups excluding tert-OH is 1. The van der Waals surface area contributed by atoms with Gasteiger partial charge in [0.2, 0.25) is 0 Å². The van der Waals surface area contributed by atoms with E-state index in [2.05, 4.69) is 15.5 Å². The first-order chi connectivity index (χ1) is 12.6. The Bertz CT molecular complexity index is 710. The molecule has 26 heavy (non-hydrogen) atoms. The third kappa shape index (κ3) is 4.97. The number of anilines is 2. The molecule has 6 heteroatoms. The Morgan fingerprint density at radius 1 is 1.12 bits per heavy atom. The van der Waals surface area contributed by atoms with Crippen LogP contribution in [0.2, 0.25) is 0 Å². The highest BCUT2D eigenvalue weighted by molar-refractivity contribution is 5.89. The molecule has 1 atom stereocenters. The smallest absolute Gasteiger partial charge is 0.319 e. The molecule has 0 spiro atoms. The molecule has 2 amide bonds. The van der Waals surface area contributed by atoms with E-state index in [-0.39, 0.29) is 12.6 Å². The molecule has 0 bridgehead atoms. The van der Waals surface area contributed by atoms with E-state index in [9.17, 15) is 9.90 Å².